The van der Waals surface area contributed by atoms with Crippen molar-refractivity contribution >= 4 is 6.09 Å². The van der Waals surface area contributed by atoms with E-state index in [2.05, 4.69) is 5.32 Å². The molecule has 1 saturated carbocycles. The summed E-state index contributed by atoms with van der Waals surface area (Å²) in [6.07, 6.45) is 0.184. The molecule has 84 valence electrons. The number of carbonyl (C=O) groups is 1. The molecule has 4 nitrogen and oxygen atoms in total. The summed E-state index contributed by atoms with van der Waals surface area (Å²) in [6.45, 7) is 0. The number of hydrogen-bond donors (Lipinski definition) is 3. The predicted octanol–water partition coefficient (Wildman–Crippen LogP) is 1.40. The monoisotopic (exact) mass is 219 g/mol. The summed E-state index contributed by atoms with van der Waals surface area (Å²) in [6, 6.07) is 7.23. The number of hydrogen-bond acceptors (Lipinski definition) is 2. The smallest absolute Gasteiger partial charge is 0.405 e. The first-order chi connectivity index (χ1) is 7.65. The Morgan fingerprint density at radius 2 is 2.06 bits per heavy atom. The molecule has 2 atom stereocenters. The van der Waals surface area contributed by atoms with Gasteiger partial charge in [0.15, 0.2) is 0 Å². The molecule has 0 bridgehead atoms. The third-order valence-corrected chi connectivity index (χ3v) is 3.78. The van der Waals surface area contributed by atoms with Crippen molar-refractivity contribution in [1.82, 2.24) is 5.32 Å². The first-order valence-electron chi connectivity index (χ1n) is 5.42. The van der Waals surface area contributed by atoms with Crippen LogP contribution in [-0.2, 0) is 5.41 Å². The Kier molecular flexibility index (Phi) is 1.80. The van der Waals surface area contributed by atoms with E-state index in [1.54, 1.807) is 0 Å². The molecule has 0 aromatic heterocycles. The van der Waals surface area contributed by atoms with E-state index in [-0.39, 0.29) is 5.41 Å². The fourth-order valence-electron chi connectivity index (χ4n) is 2.86. The molecule has 1 aromatic rings. The summed E-state index contributed by atoms with van der Waals surface area (Å²) in [5.41, 5.74) is 1.86. The number of benzene rings is 1. The predicted molar refractivity (Wildman–Crippen MR) is 57.3 cm³/mol. The molecule has 16 heavy (non-hydrogen) atoms. The van der Waals surface area contributed by atoms with Gasteiger partial charge in [-0.25, -0.2) is 4.79 Å². The van der Waals surface area contributed by atoms with E-state index in [1.807, 2.05) is 24.3 Å². The van der Waals surface area contributed by atoms with Crippen LogP contribution in [0, 0.1) is 0 Å². The molecule has 1 spiro atoms. The zero-order valence-electron chi connectivity index (χ0n) is 8.68. The maximum Gasteiger partial charge on any atom is 0.405 e. The van der Waals surface area contributed by atoms with Crippen LogP contribution >= 0.6 is 0 Å². The summed E-state index contributed by atoms with van der Waals surface area (Å²) in [4.78, 5) is 10.7. The highest BCUT2D eigenvalue weighted by molar-refractivity contribution is 5.66. The van der Waals surface area contributed by atoms with Crippen LogP contribution in [0.4, 0.5) is 4.79 Å². The molecule has 0 radical (unpaired) electrons. The van der Waals surface area contributed by atoms with Crippen LogP contribution in [0.15, 0.2) is 24.3 Å². The van der Waals surface area contributed by atoms with Crippen molar-refractivity contribution in [2.24, 2.45) is 0 Å². The van der Waals surface area contributed by atoms with Gasteiger partial charge >= 0.3 is 6.09 Å². The zero-order valence-corrected chi connectivity index (χ0v) is 8.68. The molecule has 0 heterocycles. The lowest BCUT2D eigenvalue weighted by molar-refractivity contribution is 0.101. The Morgan fingerprint density at radius 3 is 2.69 bits per heavy atom. The van der Waals surface area contributed by atoms with Gasteiger partial charge in [-0.05, 0) is 24.0 Å². The van der Waals surface area contributed by atoms with Crippen molar-refractivity contribution in [1.29, 1.82) is 0 Å². The number of fused-ring (bicyclic) bond motifs is 2. The Labute approximate surface area is 92.9 Å². The minimum Gasteiger partial charge on any atom is -0.465 e. The molecule has 3 N–H and O–H groups in total. The van der Waals surface area contributed by atoms with Crippen molar-refractivity contribution in [3.63, 3.8) is 0 Å². The largest absolute Gasteiger partial charge is 0.465 e. The third-order valence-electron chi connectivity index (χ3n) is 3.78. The average Bonchev–Trinajstić information content (AvgIpc) is 3.02. The van der Waals surface area contributed by atoms with Gasteiger partial charge < -0.3 is 15.5 Å². The summed E-state index contributed by atoms with van der Waals surface area (Å²) in [7, 11) is 0. The van der Waals surface area contributed by atoms with Crippen molar-refractivity contribution in [3.8, 4) is 0 Å². The molecule has 2 aliphatic rings. The number of aliphatic hydroxyl groups is 1. The average molecular weight is 219 g/mol. The third kappa shape index (κ3) is 1.10. The quantitative estimate of drug-likeness (QED) is 0.668. The Bertz CT molecular complexity index is 453. The number of rotatable bonds is 1. The standard InChI is InChI=1S/C12H13NO3/c14-10-9(13-11(15)16)7-3-1-2-4-8(7)12(10)5-6-12/h1-4,9-10,13-14H,5-6H2,(H,15,16)/t9-,10+/m0/s1. The molecule has 0 aliphatic heterocycles. The highest BCUT2D eigenvalue weighted by Gasteiger charge is 2.59. The van der Waals surface area contributed by atoms with E-state index < -0.39 is 18.2 Å². The fraction of sp³-hybridized carbons (Fsp3) is 0.417. The van der Waals surface area contributed by atoms with E-state index in [4.69, 9.17) is 5.11 Å². The Balaban J connectivity index is 2.06. The molecule has 2 aliphatic carbocycles. The lowest BCUT2D eigenvalue weighted by Crippen LogP contribution is -2.36. The number of carboxylic acid groups (broad SMARTS) is 1. The van der Waals surface area contributed by atoms with Crippen LogP contribution in [-0.4, -0.2) is 22.4 Å². The van der Waals surface area contributed by atoms with Crippen LogP contribution in [0.25, 0.3) is 0 Å². The summed E-state index contributed by atoms with van der Waals surface area (Å²) >= 11 is 0. The molecule has 3 rings (SSSR count). The van der Waals surface area contributed by atoms with Crippen molar-refractivity contribution < 1.29 is 15.0 Å². The van der Waals surface area contributed by atoms with Crippen LogP contribution in [0.3, 0.4) is 0 Å². The summed E-state index contributed by atoms with van der Waals surface area (Å²) in [5.74, 6) is 0. The van der Waals surface area contributed by atoms with Gasteiger partial charge in [0.1, 0.15) is 0 Å². The summed E-state index contributed by atoms with van der Waals surface area (Å²) in [5, 5.41) is 21.4. The lowest BCUT2D eigenvalue weighted by Gasteiger charge is -2.19. The second kappa shape index (κ2) is 2.98. The SMILES string of the molecule is O=C(O)N[C@H]1c2ccccc2C2(CC2)[C@@H]1O. The highest BCUT2D eigenvalue weighted by atomic mass is 16.4. The first kappa shape index (κ1) is 9.66. The Hall–Kier alpha value is -1.55. The van der Waals surface area contributed by atoms with Gasteiger partial charge in [-0.15, -0.1) is 0 Å². The Morgan fingerprint density at radius 1 is 1.38 bits per heavy atom. The van der Waals surface area contributed by atoms with Crippen LogP contribution < -0.4 is 5.32 Å². The fourth-order valence-corrected chi connectivity index (χ4v) is 2.86. The van der Waals surface area contributed by atoms with Gasteiger partial charge in [-0.2, -0.15) is 0 Å². The topological polar surface area (TPSA) is 69.6 Å². The lowest BCUT2D eigenvalue weighted by atomic mass is 9.97. The highest BCUT2D eigenvalue weighted by Crippen LogP contribution is 2.59. The number of amides is 1. The molecule has 1 amide bonds. The zero-order chi connectivity index (χ0) is 11.3. The molecular formula is C12H13NO3. The maximum atomic E-state index is 10.7. The first-order valence-corrected chi connectivity index (χ1v) is 5.42. The van der Waals surface area contributed by atoms with E-state index in [0.29, 0.717) is 0 Å². The van der Waals surface area contributed by atoms with E-state index in [0.717, 1.165) is 24.0 Å². The van der Waals surface area contributed by atoms with Crippen LogP contribution in [0.2, 0.25) is 0 Å². The van der Waals surface area contributed by atoms with E-state index in [1.165, 1.54) is 0 Å². The molecule has 0 unspecified atom stereocenters. The molecule has 1 aromatic carbocycles. The van der Waals surface area contributed by atoms with Gasteiger partial charge in [-0.1, -0.05) is 24.3 Å². The van der Waals surface area contributed by atoms with Crippen LogP contribution in [0.5, 0.6) is 0 Å². The number of aliphatic hydroxyl groups excluding tert-OH is 1. The maximum absolute atomic E-state index is 10.7. The van der Waals surface area contributed by atoms with Gasteiger partial charge in [0.25, 0.3) is 0 Å². The second-order valence-electron chi connectivity index (χ2n) is 4.62. The van der Waals surface area contributed by atoms with Gasteiger partial charge in [0.2, 0.25) is 0 Å². The molecule has 0 saturated heterocycles. The minimum atomic E-state index is -1.09. The normalized spacial score (nSPS) is 28.8. The van der Waals surface area contributed by atoms with Crippen molar-refractivity contribution in [3.05, 3.63) is 35.4 Å². The summed E-state index contributed by atoms with van der Waals surface area (Å²) < 4.78 is 0. The van der Waals surface area contributed by atoms with Gasteiger partial charge in [0, 0.05) is 5.41 Å². The molecule has 4 heteroatoms. The molecular weight excluding hydrogens is 206 g/mol. The second-order valence-corrected chi connectivity index (χ2v) is 4.62. The van der Waals surface area contributed by atoms with Crippen molar-refractivity contribution in [2.75, 3.05) is 0 Å². The van der Waals surface area contributed by atoms with Gasteiger partial charge in [0.05, 0.1) is 12.1 Å². The van der Waals surface area contributed by atoms with Crippen LogP contribution in [0.1, 0.15) is 30.0 Å². The van der Waals surface area contributed by atoms with Crippen molar-refractivity contribution in [2.45, 2.75) is 30.4 Å². The van der Waals surface area contributed by atoms with Gasteiger partial charge in [-0.3, -0.25) is 0 Å². The van der Waals surface area contributed by atoms with E-state index in [9.17, 15) is 9.90 Å². The molecule has 1 fully saturated rings. The van der Waals surface area contributed by atoms with E-state index >= 15 is 0 Å². The minimum absolute atomic E-state index is 0.177. The number of nitrogens with one attached hydrogen (secondary N) is 1.